The summed E-state index contributed by atoms with van der Waals surface area (Å²) >= 11 is 5.79. The van der Waals surface area contributed by atoms with Crippen molar-refractivity contribution in [3.63, 3.8) is 0 Å². The number of hydrogen-bond donors (Lipinski definition) is 2. The Labute approximate surface area is 126 Å². The summed E-state index contributed by atoms with van der Waals surface area (Å²) in [7, 11) is 3.05. The number of ether oxygens (including phenoxy) is 2. The number of benzene rings is 1. The summed E-state index contributed by atoms with van der Waals surface area (Å²) in [6.45, 7) is 0. The van der Waals surface area contributed by atoms with Crippen LogP contribution in [0.4, 0.5) is 11.5 Å². The maximum Gasteiger partial charge on any atom is 0.256 e. The summed E-state index contributed by atoms with van der Waals surface area (Å²) < 4.78 is 10.3. The van der Waals surface area contributed by atoms with Crippen molar-refractivity contribution in [2.75, 3.05) is 25.3 Å². The highest BCUT2D eigenvalue weighted by Crippen LogP contribution is 2.29. The van der Waals surface area contributed by atoms with Crippen LogP contribution in [0.15, 0.2) is 30.3 Å². The largest absolute Gasteiger partial charge is 0.497 e. The maximum atomic E-state index is 12.2. The number of nitrogens with one attached hydrogen (secondary N) is 1. The zero-order chi connectivity index (χ0) is 15.4. The molecule has 6 nitrogen and oxygen atoms in total. The molecule has 110 valence electrons. The van der Waals surface area contributed by atoms with E-state index in [1.54, 1.807) is 18.2 Å². The number of aromatic nitrogens is 1. The lowest BCUT2D eigenvalue weighted by Crippen LogP contribution is -2.13. The number of rotatable bonds is 4. The van der Waals surface area contributed by atoms with Crippen molar-refractivity contribution in [1.29, 1.82) is 0 Å². The van der Waals surface area contributed by atoms with E-state index in [1.165, 1.54) is 26.4 Å². The van der Waals surface area contributed by atoms with Crippen molar-refractivity contribution >= 4 is 29.0 Å². The third-order valence-corrected chi connectivity index (χ3v) is 2.92. The van der Waals surface area contributed by atoms with Gasteiger partial charge in [-0.1, -0.05) is 11.6 Å². The quantitative estimate of drug-likeness (QED) is 0.848. The van der Waals surface area contributed by atoms with Crippen LogP contribution in [0.2, 0.25) is 5.15 Å². The Bertz CT molecular complexity index is 656. The molecule has 7 heteroatoms. The van der Waals surface area contributed by atoms with Crippen molar-refractivity contribution in [2.24, 2.45) is 0 Å². The Morgan fingerprint density at radius 3 is 2.62 bits per heavy atom. The minimum atomic E-state index is -0.377. The Balaban J connectivity index is 2.30. The van der Waals surface area contributed by atoms with Crippen molar-refractivity contribution in [2.45, 2.75) is 0 Å². The normalized spacial score (nSPS) is 10.0. The van der Waals surface area contributed by atoms with E-state index >= 15 is 0 Å². The fraction of sp³-hybridized carbons (Fsp3) is 0.143. The average Bonchev–Trinajstić information content (AvgIpc) is 2.46. The molecule has 1 amide bonds. The minimum absolute atomic E-state index is 0.151. The monoisotopic (exact) mass is 307 g/mol. The van der Waals surface area contributed by atoms with E-state index in [9.17, 15) is 4.79 Å². The lowest BCUT2D eigenvalue weighted by molar-refractivity contribution is 0.102. The number of nitrogen functional groups attached to an aromatic ring is 1. The van der Waals surface area contributed by atoms with Crippen LogP contribution in [0.25, 0.3) is 0 Å². The summed E-state index contributed by atoms with van der Waals surface area (Å²) in [5, 5.41) is 2.87. The van der Waals surface area contributed by atoms with Crippen LogP contribution < -0.4 is 20.5 Å². The van der Waals surface area contributed by atoms with E-state index in [0.29, 0.717) is 22.7 Å². The van der Waals surface area contributed by atoms with Crippen LogP contribution in [-0.2, 0) is 0 Å². The molecule has 0 atom stereocenters. The molecule has 0 saturated heterocycles. The lowest BCUT2D eigenvalue weighted by Gasteiger charge is -2.12. The van der Waals surface area contributed by atoms with Gasteiger partial charge in [0.2, 0.25) is 0 Å². The molecule has 2 aromatic rings. The van der Waals surface area contributed by atoms with Crippen LogP contribution in [0.3, 0.4) is 0 Å². The molecule has 0 unspecified atom stereocenters. The van der Waals surface area contributed by atoms with E-state index in [1.807, 2.05) is 0 Å². The Morgan fingerprint density at radius 1 is 1.24 bits per heavy atom. The van der Waals surface area contributed by atoms with Gasteiger partial charge in [-0.05, 0) is 24.3 Å². The van der Waals surface area contributed by atoms with E-state index in [4.69, 9.17) is 26.8 Å². The van der Waals surface area contributed by atoms with Crippen LogP contribution in [0.5, 0.6) is 11.5 Å². The fourth-order valence-corrected chi connectivity index (χ4v) is 1.97. The standard InChI is InChI=1S/C14H14ClN3O3/c1-20-9-3-4-11(21-2)10(7-9)17-14(19)8-5-12(15)18-13(16)6-8/h3-7H,1-2H3,(H2,16,18)(H,17,19). The van der Waals surface area contributed by atoms with Gasteiger partial charge in [0.1, 0.15) is 22.5 Å². The molecule has 0 bridgehead atoms. The molecule has 0 radical (unpaired) electrons. The Hall–Kier alpha value is -2.47. The molecule has 0 aliphatic rings. The highest BCUT2D eigenvalue weighted by Gasteiger charge is 2.12. The van der Waals surface area contributed by atoms with E-state index in [0.717, 1.165) is 0 Å². The summed E-state index contributed by atoms with van der Waals surface area (Å²) in [6, 6.07) is 7.95. The first-order valence-electron chi connectivity index (χ1n) is 6.00. The number of anilines is 2. The SMILES string of the molecule is COc1ccc(OC)c(NC(=O)c2cc(N)nc(Cl)c2)c1. The minimum Gasteiger partial charge on any atom is -0.497 e. The Kier molecular flexibility index (Phi) is 4.49. The first-order chi connectivity index (χ1) is 10.0. The third kappa shape index (κ3) is 3.55. The van der Waals surface area contributed by atoms with Gasteiger partial charge in [-0.3, -0.25) is 4.79 Å². The van der Waals surface area contributed by atoms with Gasteiger partial charge >= 0.3 is 0 Å². The zero-order valence-electron chi connectivity index (χ0n) is 11.5. The van der Waals surface area contributed by atoms with E-state index in [2.05, 4.69) is 10.3 Å². The number of nitrogens with zero attached hydrogens (tertiary/aromatic N) is 1. The van der Waals surface area contributed by atoms with Gasteiger partial charge in [-0.25, -0.2) is 4.98 Å². The first-order valence-corrected chi connectivity index (χ1v) is 6.37. The topological polar surface area (TPSA) is 86.5 Å². The number of methoxy groups -OCH3 is 2. The van der Waals surface area contributed by atoms with Gasteiger partial charge in [-0.2, -0.15) is 0 Å². The molecule has 2 rings (SSSR count). The molecule has 0 spiro atoms. The predicted octanol–water partition coefficient (Wildman–Crippen LogP) is 2.59. The van der Waals surface area contributed by atoms with Crippen molar-refractivity contribution in [3.05, 3.63) is 41.0 Å². The number of carbonyl (C=O) groups is 1. The zero-order valence-corrected chi connectivity index (χ0v) is 12.3. The molecular formula is C14H14ClN3O3. The maximum absolute atomic E-state index is 12.2. The highest BCUT2D eigenvalue weighted by molar-refractivity contribution is 6.30. The van der Waals surface area contributed by atoms with Gasteiger partial charge in [0, 0.05) is 11.6 Å². The fourth-order valence-electron chi connectivity index (χ4n) is 1.75. The third-order valence-electron chi connectivity index (χ3n) is 2.73. The second-order valence-electron chi connectivity index (χ2n) is 4.12. The smallest absolute Gasteiger partial charge is 0.256 e. The van der Waals surface area contributed by atoms with Gasteiger partial charge < -0.3 is 20.5 Å². The molecule has 0 saturated carbocycles. The van der Waals surface area contributed by atoms with Crippen LogP contribution >= 0.6 is 11.6 Å². The number of hydrogen-bond acceptors (Lipinski definition) is 5. The molecule has 3 N–H and O–H groups in total. The highest BCUT2D eigenvalue weighted by atomic mass is 35.5. The van der Waals surface area contributed by atoms with Crippen molar-refractivity contribution < 1.29 is 14.3 Å². The molecule has 1 aromatic carbocycles. The molecule has 0 aliphatic heterocycles. The molecule has 1 heterocycles. The second kappa shape index (κ2) is 6.32. The van der Waals surface area contributed by atoms with E-state index < -0.39 is 0 Å². The molecule has 1 aromatic heterocycles. The first kappa shape index (κ1) is 14.9. The van der Waals surface area contributed by atoms with Gasteiger partial charge in [0.15, 0.2) is 0 Å². The lowest BCUT2D eigenvalue weighted by atomic mass is 10.2. The number of pyridine rings is 1. The van der Waals surface area contributed by atoms with E-state index in [-0.39, 0.29) is 16.9 Å². The Morgan fingerprint density at radius 2 is 2.00 bits per heavy atom. The van der Waals surface area contributed by atoms with Gasteiger partial charge in [0.25, 0.3) is 5.91 Å². The number of amides is 1. The second-order valence-corrected chi connectivity index (χ2v) is 4.51. The predicted molar refractivity (Wildman–Crippen MR) is 81.2 cm³/mol. The van der Waals surface area contributed by atoms with Crippen LogP contribution in [-0.4, -0.2) is 25.1 Å². The van der Waals surface area contributed by atoms with Crippen molar-refractivity contribution in [3.8, 4) is 11.5 Å². The van der Waals surface area contributed by atoms with Gasteiger partial charge in [-0.15, -0.1) is 0 Å². The van der Waals surface area contributed by atoms with Crippen LogP contribution in [0.1, 0.15) is 10.4 Å². The molecule has 0 fully saturated rings. The number of carbonyl (C=O) groups excluding carboxylic acids is 1. The van der Waals surface area contributed by atoms with Crippen molar-refractivity contribution in [1.82, 2.24) is 4.98 Å². The molecule has 0 aliphatic carbocycles. The summed E-state index contributed by atoms with van der Waals surface area (Å²) in [4.78, 5) is 16.0. The summed E-state index contributed by atoms with van der Waals surface area (Å²) in [5.74, 6) is 0.901. The molecular weight excluding hydrogens is 294 g/mol. The number of nitrogens with two attached hydrogens (primary N) is 1. The molecule has 21 heavy (non-hydrogen) atoms. The summed E-state index contributed by atoms with van der Waals surface area (Å²) in [5.41, 5.74) is 6.36. The van der Waals surface area contributed by atoms with Gasteiger partial charge in [0.05, 0.1) is 19.9 Å². The average molecular weight is 308 g/mol. The summed E-state index contributed by atoms with van der Waals surface area (Å²) in [6.07, 6.45) is 0. The van der Waals surface area contributed by atoms with Crippen LogP contribution in [0, 0.1) is 0 Å². The number of halogens is 1.